The summed E-state index contributed by atoms with van der Waals surface area (Å²) >= 11 is 1.44. The van der Waals surface area contributed by atoms with Gasteiger partial charge in [-0.15, -0.1) is 23.7 Å². The van der Waals surface area contributed by atoms with Crippen LogP contribution in [0.15, 0.2) is 5.38 Å². The summed E-state index contributed by atoms with van der Waals surface area (Å²) in [6.45, 7) is 5.42. The predicted molar refractivity (Wildman–Crippen MR) is 73.7 cm³/mol. The van der Waals surface area contributed by atoms with Crippen molar-refractivity contribution in [3.05, 3.63) is 16.1 Å². The third-order valence-corrected chi connectivity index (χ3v) is 3.45. The number of hydrogen-bond acceptors (Lipinski definition) is 4. The van der Waals surface area contributed by atoms with Gasteiger partial charge in [0.05, 0.1) is 0 Å². The molecule has 0 radical (unpaired) electrons. The number of amides is 1. The Hall–Kier alpha value is -0.650. The molecule has 0 bridgehead atoms. The highest BCUT2D eigenvalue weighted by Crippen LogP contribution is 2.12. The lowest BCUT2D eigenvalue weighted by Gasteiger charge is -2.19. The maximum Gasteiger partial charge on any atom is 0.273 e. The molecule has 1 aromatic heterocycles. The van der Waals surface area contributed by atoms with E-state index in [-0.39, 0.29) is 18.3 Å². The molecule has 2 N–H and O–H groups in total. The lowest BCUT2D eigenvalue weighted by Crippen LogP contribution is -2.31. The number of carbonyl (C=O) groups is 1. The Bertz CT molecular complexity index is 356. The third-order valence-electron chi connectivity index (χ3n) is 2.57. The van der Waals surface area contributed by atoms with Crippen molar-refractivity contribution in [1.82, 2.24) is 9.88 Å². The Balaban J connectivity index is 0.00000256. The highest BCUT2D eigenvalue weighted by molar-refractivity contribution is 7.09. The van der Waals surface area contributed by atoms with Crippen LogP contribution in [0.4, 0.5) is 0 Å². The van der Waals surface area contributed by atoms with E-state index in [2.05, 4.69) is 18.8 Å². The topological polar surface area (TPSA) is 59.2 Å². The fourth-order valence-electron chi connectivity index (χ4n) is 1.38. The van der Waals surface area contributed by atoms with E-state index in [4.69, 9.17) is 5.73 Å². The summed E-state index contributed by atoms with van der Waals surface area (Å²) in [5.74, 6) is 0.498. The number of aromatic nitrogens is 1. The maximum atomic E-state index is 12.0. The first-order chi connectivity index (χ1) is 7.58. The number of rotatable bonds is 5. The Labute approximate surface area is 113 Å². The van der Waals surface area contributed by atoms with Crippen LogP contribution in [0.2, 0.25) is 0 Å². The van der Waals surface area contributed by atoms with Crippen molar-refractivity contribution < 1.29 is 4.79 Å². The summed E-state index contributed by atoms with van der Waals surface area (Å²) in [5, 5.41) is 2.58. The predicted octanol–water partition coefficient (Wildman–Crippen LogP) is 2.14. The van der Waals surface area contributed by atoms with Gasteiger partial charge in [-0.25, -0.2) is 4.98 Å². The number of nitrogens with zero attached hydrogens (tertiary/aromatic N) is 2. The summed E-state index contributed by atoms with van der Waals surface area (Å²) in [5.41, 5.74) is 5.98. The van der Waals surface area contributed by atoms with Gasteiger partial charge in [-0.3, -0.25) is 4.79 Å². The molecule has 0 fully saturated rings. The Morgan fingerprint density at radius 1 is 1.65 bits per heavy atom. The van der Waals surface area contributed by atoms with Crippen LogP contribution in [0.25, 0.3) is 0 Å². The number of halogens is 1. The van der Waals surface area contributed by atoms with E-state index in [1.807, 2.05) is 7.05 Å². The van der Waals surface area contributed by atoms with Gasteiger partial charge in [0.15, 0.2) is 0 Å². The van der Waals surface area contributed by atoms with E-state index in [0.717, 1.165) is 18.0 Å². The largest absolute Gasteiger partial charge is 0.340 e. The molecule has 0 saturated heterocycles. The molecule has 1 atom stereocenters. The van der Waals surface area contributed by atoms with Crippen LogP contribution < -0.4 is 5.73 Å². The molecule has 1 heterocycles. The highest BCUT2D eigenvalue weighted by atomic mass is 35.5. The smallest absolute Gasteiger partial charge is 0.273 e. The molecule has 0 aliphatic rings. The second-order valence-electron chi connectivity index (χ2n) is 4.03. The summed E-state index contributed by atoms with van der Waals surface area (Å²) in [6, 6.07) is 0. The molecule has 98 valence electrons. The van der Waals surface area contributed by atoms with Crippen molar-refractivity contribution in [2.75, 3.05) is 13.6 Å². The molecule has 0 saturated carbocycles. The minimum absolute atomic E-state index is 0. The SMILES string of the molecule is CCC(C)CN(C)C(=O)c1csc(CN)n1.Cl. The zero-order chi connectivity index (χ0) is 12.1. The molecular weight excluding hydrogens is 258 g/mol. The van der Waals surface area contributed by atoms with Gasteiger partial charge in [-0.05, 0) is 5.92 Å². The molecule has 6 heteroatoms. The van der Waals surface area contributed by atoms with Gasteiger partial charge in [-0.2, -0.15) is 0 Å². The number of nitrogens with two attached hydrogens (primary N) is 1. The van der Waals surface area contributed by atoms with Gasteiger partial charge in [0, 0.05) is 25.5 Å². The Morgan fingerprint density at radius 2 is 2.29 bits per heavy atom. The average Bonchev–Trinajstić information content (AvgIpc) is 2.76. The molecule has 1 aromatic rings. The van der Waals surface area contributed by atoms with Crippen molar-refractivity contribution in [2.24, 2.45) is 11.7 Å². The van der Waals surface area contributed by atoms with Crippen LogP contribution >= 0.6 is 23.7 Å². The highest BCUT2D eigenvalue weighted by Gasteiger charge is 2.16. The van der Waals surface area contributed by atoms with E-state index in [9.17, 15) is 4.79 Å². The molecule has 1 rings (SSSR count). The molecule has 1 unspecified atom stereocenters. The van der Waals surface area contributed by atoms with Crippen molar-refractivity contribution in [3.8, 4) is 0 Å². The first-order valence-corrected chi connectivity index (χ1v) is 6.36. The molecule has 1 amide bonds. The number of thiazole rings is 1. The molecule has 17 heavy (non-hydrogen) atoms. The quantitative estimate of drug-likeness (QED) is 0.897. The number of carbonyl (C=O) groups excluding carboxylic acids is 1. The van der Waals surface area contributed by atoms with Gasteiger partial charge in [-0.1, -0.05) is 20.3 Å². The average molecular weight is 278 g/mol. The van der Waals surface area contributed by atoms with E-state index in [1.165, 1.54) is 11.3 Å². The Kier molecular flexibility index (Phi) is 7.34. The third kappa shape index (κ3) is 4.61. The molecule has 0 aliphatic heterocycles. The molecule has 4 nitrogen and oxygen atoms in total. The van der Waals surface area contributed by atoms with Crippen molar-refractivity contribution in [2.45, 2.75) is 26.8 Å². The minimum Gasteiger partial charge on any atom is -0.340 e. The summed E-state index contributed by atoms with van der Waals surface area (Å²) in [6.07, 6.45) is 1.07. The van der Waals surface area contributed by atoms with Gasteiger partial charge >= 0.3 is 0 Å². The zero-order valence-corrected chi connectivity index (χ0v) is 12.1. The lowest BCUT2D eigenvalue weighted by atomic mass is 10.1. The molecular formula is C11H20ClN3OS. The van der Waals surface area contributed by atoms with Crippen LogP contribution in [0, 0.1) is 5.92 Å². The summed E-state index contributed by atoms with van der Waals surface area (Å²) in [7, 11) is 1.82. The first-order valence-electron chi connectivity index (χ1n) is 5.48. The van der Waals surface area contributed by atoms with Gasteiger partial charge in [0.1, 0.15) is 10.7 Å². The van der Waals surface area contributed by atoms with Crippen molar-refractivity contribution >= 4 is 29.7 Å². The first kappa shape index (κ1) is 16.4. The van der Waals surface area contributed by atoms with E-state index >= 15 is 0 Å². The van der Waals surface area contributed by atoms with Gasteiger partial charge < -0.3 is 10.6 Å². The fraction of sp³-hybridized carbons (Fsp3) is 0.636. The van der Waals surface area contributed by atoms with E-state index in [0.29, 0.717) is 18.2 Å². The number of hydrogen-bond donors (Lipinski definition) is 1. The Morgan fingerprint density at radius 3 is 2.76 bits per heavy atom. The van der Waals surface area contributed by atoms with Gasteiger partial charge in [0.2, 0.25) is 0 Å². The van der Waals surface area contributed by atoms with Gasteiger partial charge in [0.25, 0.3) is 5.91 Å². The second kappa shape index (κ2) is 7.63. The summed E-state index contributed by atoms with van der Waals surface area (Å²) < 4.78 is 0. The van der Waals surface area contributed by atoms with Crippen molar-refractivity contribution in [3.63, 3.8) is 0 Å². The van der Waals surface area contributed by atoms with E-state index in [1.54, 1.807) is 10.3 Å². The van der Waals surface area contributed by atoms with Crippen LogP contribution in [-0.4, -0.2) is 29.4 Å². The molecule has 0 aliphatic carbocycles. The monoisotopic (exact) mass is 277 g/mol. The lowest BCUT2D eigenvalue weighted by molar-refractivity contribution is 0.0769. The minimum atomic E-state index is -0.0174. The second-order valence-corrected chi connectivity index (χ2v) is 4.97. The maximum absolute atomic E-state index is 12.0. The van der Waals surface area contributed by atoms with Crippen molar-refractivity contribution in [1.29, 1.82) is 0 Å². The van der Waals surface area contributed by atoms with E-state index < -0.39 is 0 Å². The zero-order valence-electron chi connectivity index (χ0n) is 10.5. The standard InChI is InChI=1S/C11H19N3OS.ClH/c1-4-8(2)6-14(3)11(15)9-7-16-10(5-12)13-9;/h7-8H,4-6,12H2,1-3H3;1H. The normalized spacial score (nSPS) is 11.8. The fourth-order valence-corrected chi connectivity index (χ4v) is 2.03. The summed E-state index contributed by atoms with van der Waals surface area (Å²) in [4.78, 5) is 17.9. The van der Waals surface area contributed by atoms with Crippen LogP contribution in [-0.2, 0) is 6.54 Å². The van der Waals surface area contributed by atoms with Crippen LogP contribution in [0.3, 0.4) is 0 Å². The molecule has 0 spiro atoms. The van der Waals surface area contributed by atoms with Crippen LogP contribution in [0.5, 0.6) is 0 Å². The molecule has 0 aromatic carbocycles. The van der Waals surface area contributed by atoms with Crippen LogP contribution in [0.1, 0.15) is 35.8 Å².